The summed E-state index contributed by atoms with van der Waals surface area (Å²) in [5.74, 6) is -1.40. The van der Waals surface area contributed by atoms with Crippen molar-refractivity contribution in [2.45, 2.75) is 12.8 Å². The van der Waals surface area contributed by atoms with Crippen molar-refractivity contribution in [2.75, 3.05) is 13.2 Å². The third kappa shape index (κ3) is 4.10. The molecule has 0 bridgehead atoms. The van der Waals surface area contributed by atoms with Crippen molar-refractivity contribution in [3.8, 4) is 0 Å². The van der Waals surface area contributed by atoms with Gasteiger partial charge in [-0.1, -0.05) is 0 Å². The number of carbonyl (C=O) groups is 1. The first kappa shape index (κ1) is 14.0. The molecule has 6 nitrogen and oxygen atoms in total. The summed E-state index contributed by atoms with van der Waals surface area (Å²) in [5.41, 5.74) is -0.554. The number of hydrogen-bond donors (Lipinski definition) is 2. The Labute approximate surface area is 103 Å². The number of aliphatic hydroxyl groups excluding tert-OH is 1. The minimum absolute atomic E-state index is 0.0291. The molecular formula is C11H13FN2O4. The number of carbonyl (C=O) groups excluding carboxylic acids is 1. The summed E-state index contributed by atoms with van der Waals surface area (Å²) in [7, 11) is 0. The molecule has 1 amide bonds. The van der Waals surface area contributed by atoms with Crippen LogP contribution >= 0.6 is 0 Å². The van der Waals surface area contributed by atoms with E-state index in [1.54, 1.807) is 0 Å². The Kier molecular flexibility index (Phi) is 5.19. The molecule has 0 aromatic heterocycles. The van der Waals surface area contributed by atoms with Crippen molar-refractivity contribution in [1.82, 2.24) is 5.32 Å². The lowest BCUT2D eigenvalue weighted by Crippen LogP contribution is -2.24. The first-order chi connectivity index (χ1) is 8.54. The van der Waals surface area contributed by atoms with Crippen LogP contribution in [0, 0.1) is 15.9 Å². The van der Waals surface area contributed by atoms with Crippen molar-refractivity contribution in [3.05, 3.63) is 39.7 Å². The van der Waals surface area contributed by atoms with Crippen LogP contribution in [-0.2, 0) is 0 Å². The third-order valence-corrected chi connectivity index (χ3v) is 2.23. The van der Waals surface area contributed by atoms with E-state index in [1.807, 2.05) is 0 Å². The molecule has 18 heavy (non-hydrogen) atoms. The second-order valence-corrected chi connectivity index (χ2v) is 3.64. The number of nitrogens with one attached hydrogen (secondary N) is 1. The highest BCUT2D eigenvalue weighted by molar-refractivity contribution is 5.94. The lowest BCUT2D eigenvalue weighted by Gasteiger charge is -2.04. The molecule has 98 valence electrons. The van der Waals surface area contributed by atoms with E-state index in [2.05, 4.69) is 5.32 Å². The molecule has 0 aliphatic heterocycles. The summed E-state index contributed by atoms with van der Waals surface area (Å²) in [6.07, 6.45) is 1.13. The molecule has 0 atom stereocenters. The molecule has 0 radical (unpaired) electrons. The topological polar surface area (TPSA) is 92.5 Å². The van der Waals surface area contributed by atoms with Gasteiger partial charge in [0.2, 0.25) is 0 Å². The number of amides is 1. The van der Waals surface area contributed by atoms with Crippen LogP contribution in [0.4, 0.5) is 10.1 Å². The van der Waals surface area contributed by atoms with E-state index in [0.29, 0.717) is 19.4 Å². The van der Waals surface area contributed by atoms with Gasteiger partial charge in [-0.3, -0.25) is 14.9 Å². The van der Waals surface area contributed by atoms with Crippen LogP contribution in [0.5, 0.6) is 0 Å². The van der Waals surface area contributed by atoms with Crippen LogP contribution in [0.3, 0.4) is 0 Å². The highest BCUT2D eigenvalue weighted by atomic mass is 19.1. The van der Waals surface area contributed by atoms with Crippen molar-refractivity contribution >= 4 is 11.6 Å². The van der Waals surface area contributed by atoms with Crippen LogP contribution in [0.1, 0.15) is 23.2 Å². The van der Waals surface area contributed by atoms with Crippen LogP contribution in [0.15, 0.2) is 18.2 Å². The van der Waals surface area contributed by atoms with Gasteiger partial charge in [0.15, 0.2) is 0 Å². The standard InChI is InChI=1S/C11H13FN2O4/c12-9-5-8(6-10(7-9)14(17)18)11(16)13-3-1-2-4-15/h5-7,15H,1-4H2,(H,13,16). The molecule has 0 heterocycles. The average molecular weight is 256 g/mol. The van der Waals surface area contributed by atoms with E-state index in [1.165, 1.54) is 0 Å². The van der Waals surface area contributed by atoms with Crippen molar-refractivity contribution in [2.24, 2.45) is 0 Å². The SMILES string of the molecule is O=C(NCCCCO)c1cc(F)cc([N+](=O)[O-])c1. The predicted molar refractivity (Wildman–Crippen MR) is 61.7 cm³/mol. The average Bonchev–Trinajstić information content (AvgIpc) is 2.33. The van der Waals surface area contributed by atoms with Gasteiger partial charge in [-0.05, 0) is 18.9 Å². The number of halogens is 1. The van der Waals surface area contributed by atoms with Gasteiger partial charge in [0, 0.05) is 24.8 Å². The van der Waals surface area contributed by atoms with Gasteiger partial charge in [0.25, 0.3) is 11.6 Å². The van der Waals surface area contributed by atoms with Gasteiger partial charge >= 0.3 is 0 Å². The molecule has 0 aliphatic carbocycles. The molecule has 0 saturated heterocycles. The summed E-state index contributed by atoms with van der Waals surface area (Å²) in [5, 5.41) is 21.5. The van der Waals surface area contributed by atoms with E-state index < -0.39 is 22.3 Å². The molecular weight excluding hydrogens is 243 g/mol. The zero-order chi connectivity index (χ0) is 13.5. The van der Waals surface area contributed by atoms with E-state index in [9.17, 15) is 19.3 Å². The summed E-state index contributed by atoms with van der Waals surface area (Å²) in [6, 6.07) is 2.71. The van der Waals surface area contributed by atoms with Crippen LogP contribution in [0.25, 0.3) is 0 Å². The fourth-order valence-corrected chi connectivity index (χ4v) is 1.35. The number of nitrogens with zero attached hydrogens (tertiary/aromatic N) is 1. The van der Waals surface area contributed by atoms with E-state index in [-0.39, 0.29) is 12.2 Å². The molecule has 0 aliphatic rings. The molecule has 1 aromatic carbocycles. The third-order valence-electron chi connectivity index (χ3n) is 2.23. The van der Waals surface area contributed by atoms with Gasteiger partial charge < -0.3 is 10.4 Å². The number of non-ortho nitro benzene ring substituents is 1. The maximum Gasteiger partial charge on any atom is 0.273 e. The number of aliphatic hydroxyl groups is 1. The van der Waals surface area contributed by atoms with Gasteiger partial charge in [-0.15, -0.1) is 0 Å². The molecule has 0 unspecified atom stereocenters. The monoisotopic (exact) mass is 256 g/mol. The smallest absolute Gasteiger partial charge is 0.273 e. The second kappa shape index (κ2) is 6.65. The first-order valence-corrected chi connectivity index (χ1v) is 5.38. The molecule has 0 fully saturated rings. The van der Waals surface area contributed by atoms with Crippen LogP contribution in [-0.4, -0.2) is 29.1 Å². The fourth-order valence-electron chi connectivity index (χ4n) is 1.35. The largest absolute Gasteiger partial charge is 0.396 e. The minimum atomic E-state index is -0.829. The summed E-state index contributed by atoms with van der Waals surface area (Å²) in [6.45, 7) is 0.352. The van der Waals surface area contributed by atoms with Gasteiger partial charge in [0.1, 0.15) is 5.82 Å². The zero-order valence-corrected chi connectivity index (χ0v) is 9.56. The Hall–Kier alpha value is -2.02. The Morgan fingerprint density at radius 1 is 1.39 bits per heavy atom. The van der Waals surface area contributed by atoms with E-state index in [0.717, 1.165) is 18.2 Å². The van der Waals surface area contributed by atoms with E-state index >= 15 is 0 Å². The Balaban J connectivity index is 2.70. The summed E-state index contributed by atoms with van der Waals surface area (Å²) < 4.78 is 13.1. The number of unbranched alkanes of at least 4 members (excludes halogenated alkanes) is 1. The Morgan fingerprint density at radius 2 is 2.11 bits per heavy atom. The molecule has 1 aromatic rings. The van der Waals surface area contributed by atoms with Gasteiger partial charge in [0.05, 0.1) is 11.0 Å². The first-order valence-electron chi connectivity index (χ1n) is 5.38. The maximum atomic E-state index is 13.1. The molecule has 2 N–H and O–H groups in total. The fraction of sp³-hybridized carbons (Fsp3) is 0.364. The molecule has 0 saturated carbocycles. The number of benzene rings is 1. The van der Waals surface area contributed by atoms with Gasteiger partial charge in [-0.25, -0.2) is 4.39 Å². The predicted octanol–water partition coefficient (Wildman–Crippen LogP) is 1.24. The molecule has 1 rings (SSSR count). The number of nitro groups is 1. The van der Waals surface area contributed by atoms with Crippen molar-refractivity contribution in [1.29, 1.82) is 0 Å². The zero-order valence-electron chi connectivity index (χ0n) is 9.56. The number of rotatable bonds is 6. The summed E-state index contributed by atoms with van der Waals surface area (Å²) in [4.78, 5) is 21.3. The lowest BCUT2D eigenvalue weighted by molar-refractivity contribution is -0.385. The molecule has 0 spiro atoms. The normalized spacial score (nSPS) is 10.1. The maximum absolute atomic E-state index is 13.1. The lowest BCUT2D eigenvalue weighted by atomic mass is 10.2. The number of nitro benzene ring substituents is 1. The van der Waals surface area contributed by atoms with Crippen molar-refractivity contribution in [3.63, 3.8) is 0 Å². The highest BCUT2D eigenvalue weighted by Crippen LogP contribution is 2.16. The summed E-state index contributed by atoms with van der Waals surface area (Å²) >= 11 is 0. The quantitative estimate of drug-likeness (QED) is 0.455. The molecule has 7 heteroatoms. The number of hydrogen-bond acceptors (Lipinski definition) is 4. The van der Waals surface area contributed by atoms with Crippen LogP contribution in [0.2, 0.25) is 0 Å². The van der Waals surface area contributed by atoms with Crippen molar-refractivity contribution < 1.29 is 19.2 Å². The van der Waals surface area contributed by atoms with Gasteiger partial charge in [-0.2, -0.15) is 0 Å². The van der Waals surface area contributed by atoms with Crippen LogP contribution < -0.4 is 5.32 Å². The Bertz CT molecular complexity index is 451. The highest BCUT2D eigenvalue weighted by Gasteiger charge is 2.14. The second-order valence-electron chi connectivity index (χ2n) is 3.64. The van der Waals surface area contributed by atoms with E-state index in [4.69, 9.17) is 5.11 Å². The Morgan fingerprint density at radius 3 is 2.72 bits per heavy atom. The minimum Gasteiger partial charge on any atom is -0.396 e.